The molecule has 0 saturated carbocycles. The standard InChI is InChI=1S/C12H16O3S/c1-2-10(12(13)14)5-7-15-8-6-11-4-3-9-16-11/h3-5,9H,2,6-8H2,1H3,(H,13,14). The zero-order chi connectivity index (χ0) is 11.8. The zero-order valence-corrected chi connectivity index (χ0v) is 10.1. The molecule has 1 N–H and O–H groups in total. The van der Waals surface area contributed by atoms with Crippen molar-refractivity contribution in [1.29, 1.82) is 0 Å². The topological polar surface area (TPSA) is 46.5 Å². The van der Waals surface area contributed by atoms with Crippen LogP contribution in [-0.4, -0.2) is 24.3 Å². The van der Waals surface area contributed by atoms with Gasteiger partial charge in [0.25, 0.3) is 0 Å². The number of ether oxygens (including phenoxy) is 1. The molecule has 16 heavy (non-hydrogen) atoms. The van der Waals surface area contributed by atoms with Gasteiger partial charge in [0.15, 0.2) is 0 Å². The van der Waals surface area contributed by atoms with E-state index in [-0.39, 0.29) is 0 Å². The van der Waals surface area contributed by atoms with E-state index in [1.165, 1.54) is 4.88 Å². The van der Waals surface area contributed by atoms with Crippen molar-refractivity contribution in [2.45, 2.75) is 19.8 Å². The molecule has 0 amide bonds. The summed E-state index contributed by atoms with van der Waals surface area (Å²) < 4.78 is 5.36. The third kappa shape index (κ3) is 4.59. The first kappa shape index (κ1) is 12.9. The molecule has 0 bridgehead atoms. The molecule has 0 aliphatic rings. The second-order valence-electron chi connectivity index (χ2n) is 3.29. The number of carboxylic acids is 1. The third-order valence-corrected chi connectivity index (χ3v) is 3.11. The lowest BCUT2D eigenvalue weighted by atomic mass is 10.2. The molecule has 0 aromatic carbocycles. The molecule has 0 unspecified atom stereocenters. The first-order chi connectivity index (χ1) is 7.74. The van der Waals surface area contributed by atoms with Crippen LogP contribution >= 0.6 is 11.3 Å². The minimum Gasteiger partial charge on any atom is -0.478 e. The van der Waals surface area contributed by atoms with Crippen LogP contribution in [-0.2, 0) is 16.0 Å². The number of hydrogen-bond donors (Lipinski definition) is 1. The van der Waals surface area contributed by atoms with Gasteiger partial charge < -0.3 is 9.84 Å². The first-order valence-corrected chi connectivity index (χ1v) is 6.14. The van der Waals surface area contributed by atoms with E-state index < -0.39 is 5.97 Å². The van der Waals surface area contributed by atoms with E-state index in [0.29, 0.717) is 25.2 Å². The molecular weight excluding hydrogens is 224 g/mol. The summed E-state index contributed by atoms with van der Waals surface area (Å²) in [6, 6.07) is 4.08. The summed E-state index contributed by atoms with van der Waals surface area (Å²) in [5, 5.41) is 10.8. The van der Waals surface area contributed by atoms with Gasteiger partial charge in [-0.3, -0.25) is 0 Å². The maximum atomic E-state index is 10.7. The van der Waals surface area contributed by atoms with Gasteiger partial charge in [0.2, 0.25) is 0 Å². The lowest BCUT2D eigenvalue weighted by Gasteiger charge is -2.01. The Kier molecular flexibility index (Phi) is 5.82. The fourth-order valence-corrected chi connectivity index (χ4v) is 1.94. The summed E-state index contributed by atoms with van der Waals surface area (Å²) in [5.74, 6) is -0.857. The van der Waals surface area contributed by atoms with Crippen molar-refractivity contribution in [3.63, 3.8) is 0 Å². The van der Waals surface area contributed by atoms with E-state index in [9.17, 15) is 4.79 Å². The molecule has 0 aliphatic carbocycles. The van der Waals surface area contributed by atoms with Crippen LogP contribution in [0.5, 0.6) is 0 Å². The van der Waals surface area contributed by atoms with Gasteiger partial charge in [-0.05, 0) is 23.9 Å². The zero-order valence-electron chi connectivity index (χ0n) is 9.31. The third-order valence-electron chi connectivity index (χ3n) is 2.18. The van der Waals surface area contributed by atoms with Crippen LogP contribution in [0.25, 0.3) is 0 Å². The van der Waals surface area contributed by atoms with E-state index in [4.69, 9.17) is 9.84 Å². The summed E-state index contributed by atoms with van der Waals surface area (Å²) in [5.41, 5.74) is 0.413. The quantitative estimate of drug-likeness (QED) is 0.589. The van der Waals surface area contributed by atoms with Crippen molar-refractivity contribution in [2.75, 3.05) is 13.2 Å². The van der Waals surface area contributed by atoms with Crippen LogP contribution in [0, 0.1) is 0 Å². The highest BCUT2D eigenvalue weighted by atomic mass is 32.1. The largest absolute Gasteiger partial charge is 0.478 e. The summed E-state index contributed by atoms with van der Waals surface area (Å²) >= 11 is 1.71. The number of carboxylic acid groups (broad SMARTS) is 1. The molecule has 0 radical (unpaired) electrons. The van der Waals surface area contributed by atoms with Gasteiger partial charge >= 0.3 is 5.97 Å². The van der Waals surface area contributed by atoms with Gasteiger partial charge in [0.05, 0.1) is 13.2 Å². The highest BCUT2D eigenvalue weighted by molar-refractivity contribution is 7.09. The first-order valence-electron chi connectivity index (χ1n) is 5.26. The molecular formula is C12H16O3S. The molecule has 0 fully saturated rings. The Morgan fingerprint density at radius 2 is 2.44 bits per heavy atom. The van der Waals surface area contributed by atoms with Crippen molar-refractivity contribution < 1.29 is 14.6 Å². The molecule has 4 heteroatoms. The molecule has 3 nitrogen and oxygen atoms in total. The molecule has 1 rings (SSSR count). The van der Waals surface area contributed by atoms with Crippen molar-refractivity contribution >= 4 is 17.3 Å². The van der Waals surface area contributed by atoms with Gasteiger partial charge in [-0.15, -0.1) is 11.3 Å². The Bertz CT molecular complexity index is 341. The Hall–Kier alpha value is -1.13. The van der Waals surface area contributed by atoms with E-state index in [1.54, 1.807) is 17.4 Å². The maximum absolute atomic E-state index is 10.7. The summed E-state index contributed by atoms with van der Waals surface area (Å²) in [6.07, 6.45) is 3.06. The predicted molar refractivity (Wildman–Crippen MR) is 64.9 cm³/mol. The molecule has 0 atom stereocenters. The van der Waals surface area contributed by atoms with Gasteiger partial charge in [-0.25, -0.2) is 4.79 Å². The van der Waals surface area contributed by atoms with Crippen molar-refractivity contribution in [3.05, 3.63) is 34.0 Å². The molecule has 0 aliphatic heterocycles. The van der Waals surface area contributed by atoms with Crippen molar-refractivity contribution in [2.24, 2.45) is 0 Å². The van der Waals surface area contributed by atoms with Crippen molar-refractivity contribution in [3.8, 4) is 0 Å². The average Bonchev–Trinajstić information content (AvgIpc) is 2.75. The second kappa shape index (κ2) is 7.19. The number of rotatable bonds is 7. The summed E-state index contributed by atoms with van der Waals surface area (Å²) in [6.45, 7) is 2.83. The molecule has 1 aromatic heterocycles. The lowest BCUT2D eigenvalue weighted by Crippen LogP contribution is -2.03. The van der Waals surface area contributed by atoms with Gasteiger partial charge in [-0.2, -0.15) is 0 Å². The second-order valence-corrected chi connectivity index (χ2v) is 4.32. The molecule has 1 aromatic rings. The van der Waals surface area contributed by atoms with Crippen LogP contribution in [0.15, 0.2) is 29.2 Å². The molecule has 0 spiro atoms. The monoisotopic (exact) mass is 240 g/mol. The Morgan fingerprint density at radius 1 is 1.62 bits per heavy atom. The van der Waals surface area contributed by atoms with E-state index in [2.05, 4.69) is 6.07 Å². The number of hydrogen-bond acceptors (Lipinski definition) is 3. The maximum Gasteiger partial charge on any atom is 0.331 e. The Morgan fingerprint density at radius 3 is 3.00 bits per heavy atom. The number of thiophene rings is 1. The van der Waals surface area contributed by atoms with Crippen LogP contribution in [0.4, 0.5) is 0 Å². The fourth-order valence-electron chi connectivity index (χ4n) is 1.25. The summed E-state index contributed by atoms with van der Waals surface area (Å²) in [7, 11) is 0. The molecule has 0 saturated heterocycles. The summed E-state index contributed by atoms with van der Waals surface area (Å²) in [4.78, 5) is 11.9. The lowest BCUT2D eigenvalue weighted by molar-refractivity contribution is -0.132. The smallest absolute Gasteiger partial charge is 0.331 e. The minimum absolute atomic E-state index is 0.376. The fraction of sp³-hybridized carbons (Fsp3) is 0.417. The van der Waals surface area contributed by atoms with Gasteiger partial charge in [0.1, 0.15) is 0 Å². The average molecular weight is 240 g/mol. The highest BCUT2D eigenvalue weighted by Gasteiger charge is 2.02. The molecule has 88 valence electrons. The van der Waals surface area contributed by atoms with E-state index >= 15 is 0 Å². The van der Waals surface area contributed by atoms with Gasteiger partial charge in [0, 0.05) is 16.9 Å². The van der Waals surface area contributed by atoms with E-state index in [1.807, 2.05) is 18.4 Å². The SMILES string of the molecule is CCC(=CCOCCc1cccs1)C(=O)O. The Labute approximate surface area is 99.4 Å². The van der Waals surface area contributed by atoms with Crippen LogP contribution in [0.3, 0.4) is 0 Å². The van der Waals surface area contributed by atoms with E-state index in [0.717, 1.165) is 6.42 Å². The van der Waals surface area contributed by atoms with Crippen LogP contribution < -0.4 is 0 Å². The van der Waals surface area contributed by atoms with Crippen molar-refractivity contribution in [1.82, 2.24) is 0 Å². The molecule has 1 heterocycles. The number of carbonyl (C=O) groups is 1. The normalized spacial score (nSPS) is 11.7. The van der Waals surface area contributed by atoms with Gasteiger partial charge in [-0.1, -0.05) is 13.0 Å². The minimum atomic E-state index is -0.857. The predicted octanol–water partition coefficient (Wildman–Crippen LogP) is 2.73. The van der Waals surface area contributed by atoms with Crippen LogP contribution in [0.1, 0.15) is 18.2 Å². The highest BCUT2D eigenvalue weighted by Crippen LogP contribution is 2.09. The Balaban J connectivity index is 2.18. The number of aliphatic carboxylic acids is 1. The van der Waals surface area contributed by atoms with Crippen LogP contribution in [0.2, 0.25) is 0 Å².